The number of benzene rings is 8. The second-order valence-electron chi connectivity index (χ2n) is 17.4. The number of aromatic nitrogens is 2. The van der Waals surface area contributed by atoms with Crippen molar-refractivity contribution in [2.45, 2.75) is 26.2 Å². The van der Waals surface area contributed by atoms with Gasteiger partial charge in [0, 0.05) is 78.2 Å². The molecule has 1 aliphatic rings. The number of furan rings is 1. The van der Waals surface area contributed by atoms with Gasteiger partial charge in [0.05, 0.1) is 0 Å². The fraction of sp³-hybridized carbons (Fsp3) is 0.0690. The van der Waals surface area contributed by atoms with Crippen molar-refractivity contribution in [1.82, 2.24) is 9.55 Å². The van der Waals surface area contributed by atoms with Gasteiger partial charge in [-0.05, 0) is 63.9 Å². The summed E-state index contributed by atoms with van der Waals surface area (Å²) in [5.41, 5.74) is 12.9. The van der Waals surface area contributed by atoms with Crippen LogP contribution in [0.3, 0.4) is 0 Å². The zero-order chi connectivity index (χ0) is 42.9. The Morgan fingerprint density at radius 2 is 1.25 bits per heavy atom. The maximum absolute atomic E-state index is 7.04. The number of fused-ring (bicyclic) bond motifs is 7. The summed E-state index contributed by atoms with van der Waals surface area (Å²) in [5, 5.41) is 4.17. The molecule has 12 rings (SSSR count). The standard InChI is InChI=1S/C58H41N4O2.Pt/c1-58(2,3)41-30-43(61-37-60(42-21-11-6-12-22-42)52-29-40(27-28-51(52)61)38-17-7-4-8-18-38)32-44(31-41)63-45-33-48(39-19-9-5-10-20-39)57-47-24-13-15-25-50(47)62(53(57)34-45)56-35-55-49(36-59-56)46-23-14-16-26-54(46)64-55;/h4-31,33,35-37H,1-3H3;/q-3;. The van der Waals surface area contributed by atoms with Gasteiger partial charge in [0.15, 0.2) is 0 Å². The van der Waals surface area contributed by atoms with Gasteiger partial charge in [0.25, 0.3) is 0 Å². The van der Waals surface area contributed by atoms with E-state index < -0.39 is 0 Å². The zero-order valence-corrected chi connectivity index (χ0v) is 38.2. The summed E-state index contributed by atoms with van der Waals surface area (Å²) in [6.07, 6.45) is 1.92. The fourth-order valence-corrected chi connectivity index (χ4v) is 9.08. The van der Waals surface area contributed by atoms with E-state index in [4.69, 9.17) is 14.1 Å². The van der Waals surface area contributed by atoms with Crippen LogP contribution in [0.2, 0.25) is 0 Å². The molecule has 0 radical (unpaired) electrons. The third kappa shape index (κ3) is 7.06. The summed E-state index contributed by atoms with van der Waals surface area (Å²) in [6, 6.07) is 70.7. The first-order chi connectivity index (χ1) is 31.3. The number of hydrogen-bond donors (Lipinski definition) is 0. The molecule has 8 aromatic carbocycles. The molecule has 0 unspecified atom stereocenters. The number of pyridine rings is 1. The number of hydrogen-bond acceptors (Lipinski definition) is 5. The van der Waals surface area contributed by atoms with Crippen LogP contribution in [0, 0.1) is 18.8 Å². The van der Waals surface area contributed by atoms with Gasteiger partial charge in [-0.3, -0.25) is 0 Å². The Balaban J connectivity index is 0.00000469. The number of rotatable bonds is 7. The van der Waals surface area contributed by atoms with E-state index in [1.54, 1.807) is 0 Å². The van der Waals surface area contributed by atoms with Crippen molar-refractivity contribution in [3.63, 3.8) is 0 Å². The van der Waals surface area contributed by atoms with Crippen LogP contribution in [-0.4, -0.2) is 9.55 Å². The van der Waals surface area contributed by atoms with Gasteiger partial charge in [0.2, 0.25) is 0 Å². The van der Waals surface area contributed by atoms with E-state index in [2.05, 4.69) is 206 Å². The molecule has 65 heavy (non-hydrogen) atoms. The Kier molecular flexibility index (Phi) is 9.93. The van der Waals surface area contributed by atoms with E-state index in [1.165, 1.54) is 5.56 Å². The average molecular weight is 1020 g/mol. The minimum Gasteiger partial charge on any atom is -0.509 e. The van der Waals surface area contributed by atoms with Crippen LogP contribution in [0.4, 0.5) is 22.7 Å². The monoisotopic (exact) mass is 1020 g/mol. The largest absolute Gasteiger partial charge is 0.509 e. The Morgan fingerprint density at radius 1 is 0.569 bits per heavy atom. The Morgan fingerprint density at radius 3 is 2.02 bits per heavy atom. The third-order valence-electron chi connectivity index (χ3n) is 12.3. The first-order valence-electron chi connectivity index (χ1n) is 21.6. The quantitative estimate of drug-likeness (QED) is 0.149. The molecule has 0 saturated heterocycles. The van der Waals surface area contributed by atoms with Crippen molar-refractivity contribution < 1.29 is 30.2 Å². The van der Waals surface area contributed by atoms with Crippen molar-refractivity contribution in [2.24, 2.45) is 0 Å². The molecule has 0 aliphatic carbocycles. The van der Waals surface area contributed by atoms with E-state index in [0.29, 0.717) is 11.5 Å². The van der Waals surface area contributed by atoms with Crippen molar-refractivity contribution in [2.75, 3.05) is 9.80 Å². The molecule has 6 nitrogen and oxygen atoms in total. The summed E-state index contributed by atoms with van der Waals surface area (Å²) in [5.74, 6) is 1.89. The second-order valence-corrected chi connectivity index (χ2v) is 17.4. The predicted octanol–water partition coefficient (Wildman–Crippen LogP) is 15.5. The molecule has 1 aliphatic heterocycles. The molecule has 0 saturated carbocycles. The van der Waals surface area contributed by atoms with Crippen LogP contribution < -0.4 is 14.5 Å². The molecule has 0 N–H and O–H groups in total. The molecule has 0 amide bonds. The minimum absolute atomic E-state index is 0. The Labute approximate surface area is 392 Å². The number of anilines is 4. The average Bonchev–Trinajstić information content (AvgIpc) is 4.01. The van der Waals surface area contributed by atoms with Gasteiger partial charge in [-0.15, -0.1) is 53.8 Å². The van der Waals surface area contributed by atoms with E-state index in [0.717, 1.165) is 94.6 Å². The molecule has 3 aromatic heterocycles. The normalized spacial score (nSPS) is 12.6. The van der Waals surface area contributed by atoms with Gasteiger partial charge in [-0.1, -0.05) is 153 Å². The van der Waals surface area contributed by atoms with Crippen molar-refractivity contribution in [3.8, 4) is 39.6 Å². The van der Waals surface area contributed by atoms with Crippen LogP contribution in [0.5, 0.6) is 11.5 Å². The van der Waals surface area contributed by atoms with E-state index in [9.17, 15) is 0 Å². The Bertz CT molecular complexity index is 3560. The number of para-hydroxylation sites is 3. The first kappa shape index (κ1) is 40.4. The summed E-state index contributed by atoms with van der Waals surface area (Å²) < 4.78 is 15.6. The summed E-state index contributed by atoms with van der Waals surface area (Å²) in [4.78, 5) is 9.55. The molecule has 0 fully saturated rings. The van der Waals surface area contributed by atoms with Crippen molar-refractivity contribution in [3.05, 3.63) is 213 Å². The van der Waals surface area contributed by atoms with Crippen LogP contribution in [0.15, 0.2) is 193 Å². The van der Waals surface area contributed by atoms with Gasteiger partial charge >= 0.3 is 0 Å². The summed E-state index contributed by atoms with van der Waals surface area (Å²) in [7, 11) is 0. The number of nitrogens with zero attached hydrogens (tertiary/aromatic N) is 4. The summed E-state index contributed by atoms with van der Waals surface area (Å²) >= 11 is 0. The molecule has 318 valence electrons. The molecule has 0 bridgehead atoms. The molecule has 4 heterocycles. The maximum Gasteiger partial charge on any atom is 0.140 e. The smallest absolute Gasteiger partial charge is 0.140 e. The molecule has 7 heteroatoms. The molecular weight excluding hydrogens is 980 g/mol. The second kappa shape index (κ2) is 16.0. The number of ether oxygens (including phenoxy) is 1. The molecule has 0 spiro atoms. The van der Waals surface area contributed by atoms with Gasteiger partial charge in [-0.2, -0.15) is 0 Å². The van der Waals surface area contributed by atoms with Gasteiger partial charge < -0.3 is 23.5 Å². The fourth-order valence-electron chi connectivity index (χ4n) is 9.08. The first-order valence-corrected chi connectivity index (χ1v) is 21.6. The van der Waals surface area contributed by atoms with Gasteiger partial charge in [-0.25, -0.2) is 4.98 Å². The van der Waals surface area contributed by atoms with Crippen LogP contribution in [-0.2, 0) is 26.5 Å². The van der Waals surface area contributed by atoms with Crippen molar-refractivity contribution in [1.29, 1.82) is 0 Å². The van der Waals surface area contributed by atoms with E-state index in [1.807, 2.05) is 36.5 Å². The molecule has 0 atom stereocenters. The van der Waals surface area contributed by atoms with E-state index in [-0.39, 0.29) is 26.5 Å². The topological polar surface area (TPSA) is 46.7 Å². The minimum atomic E-state index is -0.197. The van der Waals surface area contributed by atoms with Crippen LogP contribution in [0.25, 0.3) is 71.8 Å². The molecular formula is C58H41N4O2Pt-3. The summed E-state index contributed by atoms with van der Waals surface area (Å²) in [6.45, 7) is 8.86. The van der Waals surface area contributed by atoms with Crippen LogP contribution >= 0.6 is 0 Å². The SMILES string of the molecule is CC(C)(C)c1cc(Oc2[c-]c3c(c(-c4ccccc4)c2)c2ccccc2n3-c2cc3oc4ccccc4c3cn2)[c-]c(N2[CH-]N(c3ccccc3)c3cc(-c4ccccc4)ccc32)c1.[Pt]. The zero-order valence-electron chi connectivity index (χ0n) is 35.9. The van der Waals surface area contributed by atoms with Crippen molar-refractivity contribution >= 4 is 66.5 Å². The third-order valence-corrected chi connectivity index (χ3v) is 12.3. The van der Waals surface area contributed by atoms with Crippen LogP contribution in [0.1, 0.15) is 26.3 Å². The van der Waals surface area contributed by atoms with E-state index >= 15 is 0 Å². The maximum atomic E-state index is 7.04. The molecule has 11 aromatic rings. The predicted molar refractivity (Wildman–Crippen MR) is 261 cm³/mol. The Hall–Kier alpha value is -7.40. The van der Waals surface area contributed by atoms with Gasteiger partial charge in [0.1, 0.15) is 17.0 Å².